The highest BCUT2D eigenvalue weighted by atomic mass is 14.8. The minimum absolute atomic E-state index is 0.417. The highest BCUT2D eigenvalue weighted by molar-refractivity contribution is 5.34. The fourth-order valence-electron chi connectivity index (χ4n) is 4.49. The summed E-state index contributed by atoms with van der Waals surface area (Å²) < 4.78 is 0. The van der Waals surface area contributed by atoms with E-state index in [9.17, 15) is 0 Å². The molecule has 1 heteroatoms. The van der Waals surface area contributed by atoms with Crippen molar-refractivity contribution >= 4 is 0 Å². The predicted octanol–water partition coefficient (Wildman–Crippen LogP) is 2.98. The third-order valence-corrected chi connectivity index (χ3v) is 5.40. The summed E-state index contributed by atoms with van der Waals surface area (Å²) in [5, 5.41) is 0. The Labute approximate surface area is 98.8 Å². The van der Waals surface area contributed by atoms with Gasteiger partial charge in [-0.15, -0.1) is 0 Å². The lowest BCUT2D eigenvalue weighted by Gasteiger charge is -2.61. The van der Waals surface area contributed by atoms with Crippen LogP contribution in [-0.2, 0) is 0 Å². The van der Waals surface area contributed by atoms with Crippen LogP contribution >= 0.6 is 0 Å². The fraction of sp³-hybridized carbons (Fsp3) is 0.733. The molecule has 16 heavy (non-hydrogen) atoms. The molecule has 0 heterocycles. The van der Waals surface area contributed by atoms with Crippen LogP contribution in [0.1, 0.15) is 27.2 Å². The lowest BCUT2D eigenvalue weighted by atomic mass is 9.44. The van der Waals surface area contributed by atoms with Crippen LogP contribution in [0.4, 0.5) is 0 Å². The van der Waals surface area contributed by atoms with Gasteiger partial charge in [0.1, 0.15) is 0 Å². The Balaban J connectivity index is 1.99. The third kappa shape index (κ3) is 1.10. The Hall–Kier alpha value is -0.560. The summed E-state index contributed by atoms with van der Waals surface area (Å²) in [6.07, 6.45) is 8.48. The lowest BCUT2D eigenvalue weighted by Crippen LogP contribution is -2.63. The molecule has 0 amide bonds. The van der Waals surface area contributed by atoms with Crippen LogP contribution in [-0.4, -0.2) is 6.04 Å². The average molecular weight is 217 g/mol. The van der Waals surface area contributed by atoms with Gasteiger partial charge in [0, 0.05) is 12.0 Å². The maximum absolute atomic E-state index is 6.35. The van der Waals surface area contributed by atoms with E-state index >= 15 is 0 Å². The van der Waals surface area contributed by atoms with Gasteiger partial charge < -0.3 is 5.73 Å². The molecular weight excluding hydrogens is 194 g/mol. The van der Waals surface area contributed by atoms with Crippen LogP contribution in [0.2, 0.25) is 0 Å². The summed E-state index contributed by atoms with van der Waals surface area (Å²) in [5.41, 5.74) is 8.04. The number of hydrogen-bond donors (Lipinski definition) is 1. The molecular formula is C15H23N. The maximum atomic E-state index is 6.35. The van der Waals surface area contributed by atoms with Gasteiger partial charge in [-0.05, 0) is 36.0 Å². The number of hydrogen-bond acceptors (Lipinski definition) is 1. The molecule has 88 valence electrons. The fourth-order valence-corrected chi connectivity index (χ4v) is 4.49. The van der Waals surface area contributed by atoms with Gasteiger partial charge in [-0.2, -0.15) is 0 Å². The molecule has 0 aromatic rings. The van der Waals surface area contributed by atoms with Crippen molar-refractivity contribution in [2.45, 2.75) is 33.2 Å². The minimum Gasteiger partial charge on any atom is -0.327 e. The summed E-state index contributed by atoms with van der Waals surface area (Å²) in [6.45, 7) is 7.04. The van der Waals surface area contributed by atoms with Crippen LogP contribution in [0.3, 0.4) is 0 Å². The smallest absolute Gasteiger partial charge is 0.0142 e. The summed E-state index contributed by atoms with van der Waals surface area (Å²) in [6, 6.07) is 0.417. The summed E-state index contributed by atoms with van der Waals surface area (Å²) in [4.78, 5) is 0. The van der Waals surface area contributed by atoms with E-state index in [2.05, 4.69) is 39.0 Å². The highest BCUT2D eigenvalue weighted by Gasteiger charge is 2.57. The molecule has 6 aliphatic carbocycles. The Kier molecular flexibility index (Phi) is 2.29. The van der Waals surface area contributed by atoms with Gasteiger partial charge >= 0.3 is 0 Å². The lowest BCUT2D eigenvalue weighted by molar-refractivity contribution is -0.0198. The largest absolute Gasteiger partial charge is 0.327 e. The Bertz CT molecular complexity index is 344. The molecule has 4 bridgehead atoms. The zero-order valence-corrected chi connectivity index (χ0v) is 10.6. The first-order chi connectivity index (χ1) is 7.66. The van der Waals surface area contributed by atoms with Gasteiger partial charge in [0.2, 0.25) is 0 Å². The Morgan fingerprint density at radius 2 is 2.00 bits per heavy atom. The molecule has 0 aliphatic heterocycles. The summed E-state index contributed by atoms with van der Waals surface area (Å²) in [5.74, 6) is 4.53. The van der Waals surface area contributed by atoms with Crippen molar-refractivity contribution in [2.24, 2.45) is 41.2 Å². The number of nitrogens with two attached hydrogens (primary N) is 1. The molecule has 6 aliphatic rings. The third-order valence-electron chi connectivity index (χ3n) is 5.40. The normalized spacial score (nSPS) is 58.2. The molecule has 0 spiro atoms. The molecule has 7 atom stereocenters. The Morgan fingerprint density at radius 1 is 1.25 bits per heavy atom. The van der Waals surface area contributed by atoms with Crippen LogP contribution in [0, 0.1) is 35.5 Å². The van der Waals surface area contributed by atoms with Crippen LogP contribution in [0.5, 0.6) is 0 Å². The van der Waals surface area contributed by atoms with Crippen molar-refractivity contribution in [3.63, 3.8) is 0 Å². The molecule has 0 saturated heterocycles. The monoisotopic (exact) mass is 217 g/mol. The average Bonchev–Trinajstić information content (AvgIpc) is 2.25. The van der Waals surface area contributed by atoms with Gasteiger partial charge in [0.05, 0.1) is 0 Å². The first-order valence-corrected chi connectivity index (χ1v) is 6.80. The first-order valence-electron chi connectivity index (χ1n) is 6.80. The van der Waals surface area contributed by atoms with Gasteiger partial charge in [-0.3, -0.25) is 0 Å². The molecule has 0 radical (unpaired) electrons. The summed E-state index contributed by atoms with van der Waals surface area (Å²) >= 11 is 0. The van der Waals surface area contributed by atoms with Crippen molar-refractivity contribution in [1.82, 2.24) is 0 Å². The standard InChI is InChI=1S/C15H23N/c1-4-5-12-10-6-7-11-9(3)14(15(11)16)13(12)8(10)2/h5-11,13-15H,4,16H2,1-3H3/b7-6-,12-5-. The molecule has 7 unspecified atom stereocenters. The van der Waals surface area contributed by atoms with Crippen molar-refractivity contribution < 1.29 is 0 Å². The van der Waals surface area contributed by atoms with E-state index < -0.39 is 0 Å². The highest BCUT2D eigenvalue weighted by Crippen LogP contribution is 2.60. The minimum atomic E-state index is 0.417. The quantitative estimate of drug-likeness (QED) is 0.671. The second-order valence-electron chi connectivity index (χ2n) is 6.00. The molecule has 0 aromatic heterocycles. The van der Waals surface area contributed by atoms with Crippen LogP contribution in [0.15, 0.2) is 23.8 Å². The molecule has 2 N–H and O–H groups in total. The zero-order chi connectivity index (χ0) is 11.4. The maximum Gasteiger partial charge on any atom is 0.0142 e. The number of rotatable bonds is 1. The van der Waals surface area contributed by atoms with Gasteiger partial charge in [0.25, 0.3) is 0 Å². The molecule has 1 nitrogen and oxygen atoms in total. The predicted molar refractivity (Wildman–Crippen MR) is 67.8 cm³/mol. The SMILES string of the molecule is CC/C=C1/C2/C=C\C3C(C)C(C3N)C1C2C. The molecule has 0 aromatic carbocycles. The van der Waals surface area contributed by atoms with Gasteiger partial charge in [-0.1, -0.05) is 44.6 Å². The van der Waals surface area contributed by atoms with Crippen molar-refractivity contribution in [3.05, 3.63) is 23.8 Å². The van der Waals surface area contributed by atoms with Crippen molar-refractivity contribution in [2.75, 3.05) is 0 Å². The van der Waals surface area contributed by atoms with Crippen LogP contribution in [0.25, 0.3) is 0 Å². The van der Waals surface area contributed by atoms with E-state index in [1.165, 1.54) is 6.42 Å². The molecule has 2 saturated carbocycles. The van der Waals surface area contributed by atoms with E-state index in [1.807, 2.05) is 0 Å². The second kappa shape index (κ2) is 3.46. The molecule has 2 fully saturated rings. The van der Waals surface area contributed by atoms with Crippen LogP contribution < -0.4 is 5.73 Å². The van der Waals surface area contributed by atoms with Crippen molar-refractivity contribution in [1.29, 1.82) is 0 Å². The van der Waals surface area contributed by atoms with Gasteiger partial charge in [0.15, 0.2) is 0 Å². The van der Waals surface area contributed by atoms with E-state index in [0.717, 1.165) is 29.6 Å². The second-order valence-corrected chi connectivity index (χ2v) is 6.00. The van der Waals surface area contributed by atoms with E-state index in [4.69, 9.17) is 5.73 Å². The first kappa shape index (κ1) is 10.6. The Morgan fingerprint density at radius 3 is 2.62 bits per heavy atom. The zero-order valence-electron chi connectivity index (χ0n) is 10.6. The van der Waals surface area contributed by atoms with Gasteiger partial charge in [-0.25, -0.2) is 0 Å². The number of allylic oxidation sites excluding steroid dienone is 3. The molecule has 6 rings (SSSR count). The summed E-state index contributed by atoms with van der Waals surface area (Å²) in [7, 11) is 0. The van der Waals surface area contributed by atoms with E-state index in [1.54, 1.807) is 5.57 Å². The van der Waals surface area contributed by atoms with E-state index in [0.29, 0.717) is 12.0 Å². The van der Waals surface area contributed by atoms with E-state index in [-0.39, 0.29) is 0 Å². The topological polar surface area (TPSA) is 26.0 Å². The van der Waals surface area contributed by atoms with Crippen molar-refractivity contribution in [3.8, 4) is 0 Å².